The van der Waals surface area contributed by atoms with Crippen molar-refractivity contribution in [1.82, 2.24) is 10.6 Å². The molecule has 29 heavy (non-hydrogen) atoms. The molecule has 7 nitrogen and oxygen atoms in total. The largest absolute Gasteiger partial charge is 0.548 e. The first kappa shape index (κ1) is 21.7. The van der Waals surface area contributed by atoms with Crippen molar-refractivity contribution < 1.29 is 24.2 Å². The number of hydrogen-bond acceptors (Lipinski definition) is 5. The molecule has 0 unspecified atom stereocenters. The molecule has 2 aromatic rings. The van der Waals surface area contributed by atoms with Gasteiger partial charge in [0.05, 0.1) is 18.1 Å². The average Bonchev–Trinajstić information content (AvgIpc) is 2.67. The van der Waals surface area contributed by atoms with E-state index in [2.05, 4.69) is 10.6 Å². The zero-order valence-electron chi connectivity index (χ0n) is 16.5. The highest BCUT2D eigenvalue weighted by atomic mass is 16.5. The van der Waals surface area contributed by atoms with Crippen molar-refractivity contribution >= 4 is 23.9 Å². The molecule has 0 radical (unpaired) electrons. The van der Waals surface area contributed by atoms with Gasteiger partial charge >= 0.3 is 0 Å². The standard InChI is InChI=1S/C22H24N2O5/c1-14(2)29-18-11-7-8-16(12-18)13-19(21(26)23-15(3)22(27)28)24-20(25)17-9-5-4-6-10-17/h4-15H,1-3H3,(H,23,26)(H,24,25)(H,27,28)/p-1/b19-13-/t15-/m1/s1. The van der Waals surface area contributed by atoms with Crippen LogP contribution in [-0.2, 0) is 9.59 Å². The van der Waals surface area contributed by atoms with E-state index in [0.29, 0.717) is 16.9 Å². The molecule has 2 amide bonds. The number of aliphatic carboxylic acids is 1. The van der Waals surface area contributed by atoms with Crippen LogP contribution in [0.3, 0.4) is 0 Å². The van der Waals surface area contributed by atoms with E-state index < -0.39 is 23.8 Å². The number of carbonyl (C=O) groups excluding carboxylic acids is 3. The molecule has 152 valence electrons. The van der Waals surface area contributed by atoms with Crippen LogP contribution in [0.15, 0.2) is 60.3 Å². The lowest BCUT2D eigenvalue weighted by Gasteiger charge is -2.17. The van der Waals surface area contributed by atoms with Crippen LogP contribution in [-0.4, -0.2) is 29.9 Å². The zero-order valence-corrected chi connectivity index (χ0v) is 16.5. The lowest BCUT2D eigenvalue weighted by atomic mass is 10.1. The lowest BCUT2D eigenvalue weighted by molar-refractivity contribution is -0.307. The van der Waals surface area contributed by atoms with Crippen molar-refractivity contribution in [2.45, 2.75) is 32.9 Å². The van der Waals surface area contributed by atoms with E-state index in [1.807, 2.05) is 13.8 Å². The Kier molecular flexibility index (Phi) is 7.54. The molecule has 0 saturated carbocycles. The Balaban J connectivity index is 2.33. The zero-order chi connectivity index (χ0) is 21.4. The molecule has 1 atom stereocenters. The van der Waals surface area contributed by atoms with Gasteiger partial charge in [-0.25, -0.2) is 0 Å². The van der Waals surface area contributed by atoms with Gasteiger partial charge in [0, 0.05) is 5.56 Å². The van der Waals surface area contributed by atoms with Gasteiger partial charge in [-0.2, -0.15) is 0 Å². The molecule has 0 heterocycles. The van der Waals surface area contributed by atoms with E-state index in [9.17, 15) is 19.5 Å². The number of carbonyl (C=O) groups is 3. The summed E-state index contributed by atoms with van der Waals surface area (Å²) < 4.78 is 5.64. The highest BCUT2D eigenvalue weighted by molar-refractivity contribution is 6.06. The Bertz CT molecular complexity index is 906. The van der Waals surface area contributed by atoms with E-state index in [1.54, 1.807) is 54.6 Å². The van der Waals surface area contributed by atoms with Crippen LogP contribution < -0.4 is 20.5 Å². The van der Waals surface area contributed by atoms with E-state index in [-0.39, 0.29) is 11.8 Å². The molecule has 0 aromatic heterocycles. The van der Waals surface area contributed by atoms with Crippen LogP contribution in [0.5, 0.6) is 5.75 Å². The minimum absolute atomic E-state index is 0.0290. The fourth-order valence-corrected chi connectivity index (χ4v) is 2.39. The molecule has 0 saturated heterocycles. The fraction of sp³-hybridized carbons (Fsp3) is 0.227. The van der Waals surface area contributed by atoms with Crippen LogP contribution in [0.2, 0.25) is 0 Å². The molecule has 2 rings (SSSR count). The molecule has 2 aromatic carbocycles. The Morgan fingerprint density at radius 3 is 2.31 bits per heavy atom. The van der Waals surface area contributed by atoms with E-state index in [0.717, 1.165) is 0 Å². The van der Waals surface area contributed by atoms with Crippen molar-refractivity contribution in [2.24, 2.45) is 0 Å². The number of ether oxygens (including phenoxy) is 1. The summed E-state index contributed by atoms with van der Waals surface area (Å²) >= 11 is 0. The van der Waals surface area contributed by atoms with E-state index in [4.69, 9.17) is 4.74 Å². The molecule has 0 fully saturated rings. The predicted octanol–water partition coefficient (Wildman–Crippen LogP) is 1.50. The third-order valence-electron chi connectivity index (χ3n) is 3.77. The quantitative estimate of drug-likeness (QED) is 0.659. The molecule has 0 aliphatic heterocycles. The summed E-state index contributed by atoms with van der Waals surface area (Å²) in [6.07, 6.45) is 1.42. The first-order valence-electron chi connectivity index (χ1n) is 9.13. The van der Waals surface area contributed by atoms with Crippen LogP contribution in [0.25, 0.3) is 6.08 Å². The van der Waals surface area contributed by atoms with E-state index in [1.165, 1.54) is 13.0 Å². The molecule has 0 aliphatic rings. The summed E-state index contributed by atoms with van der Waals surface area (Å²) in [4.78, 5) is 36.0. The molecular weight excluding hydrogens is 372 g/mol. The van der Waals surface area contributed by atoms with E-state index >= 15 is 0 Å². The highest BCUT2D eigenvalue weighted by Gasteiger charge is 2.17. The topological polar surface area (TPSA) is 108 Å². The Morgan fingerprint density at radius 2 is 1.69 bits per heavy atom. The second-order valence-corrected chi connectivity index (χ2v) is 6.63. The Morgan fingerprint density at radius 1 is 1.00 bits per heavy atom. The summed E-state index contributed by atoms with van der Waals surface area (Å²) in [6, 6.07) is 14.1. The maximum atomic E-state index is 12.6. The first-order valence-corrected chi connectivity index (χ1v) is 9.13. The highest BCUT2D eigenvalue weighted by Crippen LogP contribution is 2.17. The maximum Gasteiger partial charge on any atom is 0.268 e. The molecule has 7 heteroatoms. The fourth-order valence-electron chi connectivity index (χ4n) is 2.39. The van der Waals surface area contributed by atoms with Gasteiger partial charge in [-0.05, 0) is 56.7 Å². The lowest BCUT2D eigenvalue weighted by Crippen LogP contribution is -2.48. The second kappa shape index (κ2) is 10.1. The number of benzene rings is 2. The van der Waals surface area contributed by atoms with Crippen LogP contribution in [0.1, 0.15) is 36.7 Å². The maximum absolute atomic E-state index is 12.6. The molecule has 0 bridgehead atoms. The van der Waals surface area contributed by atoms with Crippen molar-refractivity contribution in [3.63, 3.8) is 0 Å². The van der Waals surface area contributed by atoms with Crippen LogP contribution in [0.4, 0.5) is 0 Å². The number of amides is 2. The number of nitrogens with one attached hydrogen (secondary N) is 2. The SMILES string of the molecule is CC(C)Oc1cccc(/C=C(\NC(=O)c2ccccc2)C(=O)N[C@H](C)C(=O)[O-])c1. The summed E-state index contributed by atoms with van der Waals surface area (Å²) in [6.45, 7) is 5.06. The average molecular weight is 395 g/mol. The minimum Gasteiger partial charge on any atom is -0.548 e. The minimum atomic E-state index is -1.43. The monoisotopic (exact) mass is 395 g/mol. The van der Waals surface area contributed by atoms with Crippen molar-refractivity contribution in [2.75, 3.05) is 0 Å². The number of rotatable bonds is 8. The number of carboxylic acids is 1. The van der Waals surface area contributed by atoms with Crippen molar-refractivity contribution in [3.8, 4) is 5.75 Å². The Hall–Kier alpha value is -3.61. The van der Waals surface area contributed by atoms with Gasteiger partial charge in [-0.15, -0.1) is 0 Å². The summed E-state index contributed by atoms with van der Waals surface area (Å²) in [7, 11) is 0. The van der Waals surface area contributed by atoms with Gasteiger partial charge in [0.1, 0.15) is 11.4 Å². The Labute approximate surface area is 169 Å². The summed E-state index contributed by atoms with van der Waals surface area (Å²) in [5.74, 6) is -2.07. The summed E-state index contributed by atoms with van der Waals surface area (Å²) in [5, 5.41) is 15.8. The van der Waals surface area contributed by atoms with Crippen LogP contribution >= 0.6 is 0 Å². The van der Waals surface area contributed by atoms with Gasteiger partial charge in [0.25, 0.3) is 11.8 Å². The van der Waals surface area contributed by atoms with Gasteiger partial charge in [-0.1, -0.05) is 30.3 Å². The van der Waals surface area contributed by atoms with Crippen molar-refractivity contribution in [3.05, 3.63) is 71.4 Å². The smallest absolute Gasteiger partial charge is 0.268 e. The second-order valence-electron chi connectivity index (χ2n) is 6.63. The predicted molar refractivity (Wildman–Crippen MR) is 107 cm³/mol. The third kappa shape index (κ3) is 6.80. The molecule has 2 N–H and O–H groups in total. The van der Waals surface area contributed by atoms with Gasteiger partial charge < -0.3 is 25.3 Å². The number of carboxylic acid groups (broad SMARTS) is 1. The summed E-state index contributed by atoms with van der Waals surface area (Å²) in [5.41, 5.74) is 0.854. The van der Waals surface area contributed by atoms with Crippen molar-refractivity contribution in [1.29, 1.82) is 0 Å². The van der Waals surface area contributed by atoms with Gasteiger partial charge in [-0.3, -0.25) is 9.59 Å². The van der Waals surface area contributed by atoms with Gasteiger partial charge in [0.15, 0.2) is 0 Å². The van der Waals surface area contributed by atoms with Gasteiger partial charge in [0.2, 0.25) is 0 Å². The van der Waals surface area contributed by atoms with Crippen LogP contribution in [0, 0.1) is 0 Å². The molecule has 0 spiro atoms. The third-order valence-corrected chi connectivity index (χ3v) is 3.77. The molecule has 0 aliphatic carbocycles. The first-order chi connectivity index (χ1) is 13.8. The molecular formula is C22H23N2O5-. The number of hydrogen-bond donors (Lipinski definition) is 2. The normalized spacial score (nSPS) is 12.2.